The standard InChI is InChI=1S/C17H23N3O/c1-3-15-11-20(9-8-19(15)2)17-16-7-5-4-6-13(16)10-14(12-21)18-17/h4-7,10,15,21H,3,8-9,11-12H2,1-2H3. The molecule has 0 bridgehead atoms. The Kier molecular flexibility index (Phi) is 4.08. The van der Waals surface area contributed by atoms with Crippen molar-refractivity contribution in [2.75, 3.05) is 31.6 Å². The Labute approximate surface area is 126 Å². The Bertz CT molecular complexity index is 628. The van der Waals surface area contributed by atoms with Crippen LogP contribution in [0.4, 0.5) is 5.82 Å². The zero-order chi connectivity index (χ0) is 14.8. The highest BCUT2D eigenvalue weighted by atomic mass is 16.3. The predicted octanol–water partition coefficient (Wildman–Crippen LogP) is 2.26. The molecule has 1 aromatic carbocycles. The highest BCUT2D eigenvalue weighted by molar-refractivity contribution is 5.92. The van der Waals surface area contributed by atoms with E-state index in [0.29, 0.717) is 6.04 Å². The summed E-state index contributed by atoms with van der Waals surface area (Å²) < 4.78 is 0. The van der Waals surface area contributed by atoms with E-state index in [1.54, 1.807) is 0 Å². The first-order valence-corrected chi connectivity index (χ1v) is 7.67. The largest absolute Gasteiger partial charge is 0.390 e. The van der Waals surface area contributed by atoms with Crippen LogP contribution in [0.25, 0.3) is 10.8 Å². The summed E-state index contributed by atoms with van der Waals surface area (Å²) in [5, 5.41) is 11.8. The van der Waals surface area contributed by atoms with E-state index in [4.69, 9.17) is 4.98 Å². The van der Waals surface area contributed by atoms with Crippen molar-refractivity contribution in [3.8, 4) is 0 Å². The number of nitrogens with zero attached hydrogens (tertiary/aromatic N) is 3. The van der Waals surface area contributed by atoms with Crippen LogP contribution in [-0.4, -0.2) is 47.7 Å². The third kappa shape index (κ3) is 2.74. The highest BCUT2D eigenvalue weighted by Gasteiger charge is 2.25. The lowest BCUT2D eigenvalue weighted by molar-refractivity contribution is 0.213. The molecule has 1 N–H and O–H groups in total. The monoisotopic (exact) mass is 285 g/mol. The summed E-state index contributed by atoms with van der Waals surface area (Å²) >= 11 is 0. The van der Waals surface area contributed by atoms with Gasteiger partial charge in [-0.1, -0.05) is 31.2 Å². The number of piperazine rings is 1. The van der Waals surface area contributed by atoms with Gasteiger partial charge in [-0.25, -0.2) is 4.98 Å². The number of fused-ring (bicyclic) bond motifs is 1. The summed E-state index contributed by atoms with van der Waals surface area (Å²) in [6.45, 7) is 5.26. The van der Waals surface area contributed by atoms with Gasteiger partial charge in [0.2, 0.25) is 0 Å². The van der Waals surface area contributed by atoms with E-state index in [9.17, 15) is 5.11 Å². The summed E-state index contributed by atoms with van der Waals surface area (Å²) in [6, 6.07) is 10.8. The minimum absolute atomic E-state index is 0.0111. The van der Waals surface area contributed by atoms with Gasteiger partial charge in [0, 0.05) is 31.1 Å². The molecule has 0 spiro atoms. The number of aliphatic hydroxyl groups excluding tert-OH is 1. The normalized spacial score (nSPS) is 20.1. The number of pyridine rings is 1. The average Bonchev–Trinajstić information content (AvgIpc) is 2.54. The Morgan fingerprint density at radius 1 is 1.29 bits per heavy atom. The van der Waals surface area contributed by atoms with Gasteiger partial charge in [0.05, 0.1) is 12.3 Å². The maximum Gasteiger partial charge on any atom is 0.136 e. The fraction of sp³-hybridized carbons (Fsp3) is 0.471. The maximum absolute atomic E-state index is 9.47. The van der Waals surface area contributed by atoms with E-state index in [2.05, 4.69) is 42.0 Å². The van der Waals surface area contributed by atoms with Crippen molar-refractivity contribution in [2.45, 2.75) is 26.0 Å². The van der Waals surface area contributed by atoms with E-state index in [1.807, 2.05) is 12.1 Å². The lowest BCUT2D eigenvalue weighted by atomic mass is 10.1. The van der Waals surface area contributed by atoms with Crippen molar-refractivity contribution >= 4 is 16.6 Å². The van der Waals surface area contributed by atoms with E-state index in [-0.39, 0.29) is 6.61 Å². The summed E-state index contributed by atoms with van der Waals surface area (Å²) in [4.78, 5) is 9.49. The molecule has 1 aliphatic rings. The summed E-state index contributed by atoms with van der Waals surface area (Å²) in [5.41, 5.74) is 0.746. The van der Waals surface area contributed by atoms with Crippen LogP contribution in [0, 0.1) is 0 Å². The lowest BCUT2D eigenvalue weighted by Gasteiger charge is -2.40. The maximum atomic E-state index is 9.47. The molecule has 2 heterocycles. The molecule has 1 saturated heterocycles. The topological polar surface area (TPSA) is 39.6 Å². The second-order valence-corrected chi connectivity index (χ2v) is 5.81. The summed E-state index contributed by atoms with van der Waals surface area (Å²) in [6.07, 6.45) is 1.14. The van der Waals surface area contributed by atoms with Crippen molar-refractivity contribution in [3.63, 3.8) is 0 Å². The van der Waals surface area contributed by atoms with Crippen LogP contribution in [0.2, 0.25) is 0 Å². The van der Waals surface area contributed by atoms with Crippen LogP contribution >= 0.6 is 0 Å². The minimum Gasteiger partial charge on any atom is -0.390 e. The van der Waals surface area contributed by atoms with Gasteiger partial charge in [0.15, 0.2) is 0 Å². The van der Waals surface area contributed by atoms with Crippen molar-refractivity contribution in [3.05, 3.63) is 36.0 Å². The molecular weight excluding hydrogens is 262 g/mol. The molecule has 3 rings (SSSR count). The molecule has 21 heavy (non-hydrogen) atoms. The number of anilines is 1. The zero-order valence-corrected chi connectivity index (χ0v) is 12.8. The molecule has 1 aromatic heterocycles. The molecule has 2 aromatic rings. The highest BCUT2D eigenvalue weighted by Crippen LogP contribution is 2.27. The van der Waals surface area contributed by atoms with Crippen LogP contribution in [0.5, 0.6) is 0 Å². The molecule has 1 fully saturated rings. The van der Waals surface area contributed by atoms with Gasteiger partial charge in [-0.15, -0.1) is 0 Å². The van der Waals surface area contributed by atoms with Crippen LogP contribution in [-0.2, 0) is 6.61 Å². The van der Waals surface area contributed by atoms with Crippen LogP contribution in [0.3, 0.4) is 0 Å². The third-order valence-electron chi connectivity index (χ3n) is 4.48. The van der Waals surface area contributed by atoms with Gasteiger partial charge in [0.25, 0.3) is 0 Å². The fourth-order valence-electron chi connectivity index (χ4n) is 3.14. The van der Waals surface area contributed by atoms with Crippen molar-refractivity contribution in [2.24, 2.45) is 0 Å². The Morgan fingerprint density at radius 2 is 2.10 bits per heavy atom. The summed E-state index contributed by atoms with van der Waals surface area (Å²) in [7, 11) is 2.20. The Hall–Kier alpha value is -1.65. The molecule has 0 aliphatic carbocycles. The molecular formula is C17H23N3O. The van der Waals surface area contributed by atoms with Gasteiger partial charge >= 0.3 is 0 Å². The van der Waals surface area contributed by atoms with Crippen molar-refractivity contribution in [1.82, 2.24) is 9.88 Å². The van der Waals surface area contributed by atoms with Gasteiger partial charge in [-0.2, -0.15) is 0 Å². The number of hydrogen-bond acceptors (Lipinski definition) is 4. The fourth-order valence-corrected chi connectivity index (χ4v) is 3.14. The van der Waals surface area contributed by atoms with Gasteiger partial charge in [-0.3, -0.25) is 4.90 Å². The lowest BCUT2D eigenvalue weighted by Crippen LogP contribution is -2.51. The van der Waals surface area contributed by atoms with E-state index < -0.39 is 0 Å². The second kappa shape index (κ2) is 6.00. The number of aliphatic hydroxyl groups is 1. The average molecular weight is 285 g/mol. The van der Waals surface area contributed by atoms with Gasteiger partial charge < -0.3 is 10.0 Å². The Morgan fingerprint density at radius 3 is 2.86 bits per heavy atom. The molecule has 0 radical (unpaired) electrons. The molecule has 1 aliphatic heterocycles. The number of aromatic nitrogens is 1. The van der Waals surface area contributed by atoms with Crippen molar-refractivity contribution < 1.29 is 5.11 Å². The molecule has 0 saturated carbocycles. The van der Waals surface area contributed by atoms with Gasteiger partial charge in [-0.05, 0) is 24.9 Å². The molecule has 112 valence electrons. The van der Waals surface area contributed by atoms with Crippen LogP contribution in [0.15, 0.2) is 30.3 Å². The van der Waals surface area contributed by atoms with E-state index in [0.717, 1.165) is 43.0 Å². The number of rotatable bonds is 3. The van der Waals surface area contributed by atoms with E-state index in [1.165, 1.54) is 5.39 Å². The van der Waals surface area contributed by atoms with Crippen LogP contribution < -0.4 is 4.90 Å². The molecule has 1 unspecified atom stereocenters. The van der Waals surface area contributed by atoms with Crippen molar-refractivity contribution in [1.29, 1.82) is 0 Å². The molecule has 0 amide bonds. The predicted molar refractivity (Wildman–Crippen MR) is 86.6 cm³/mol. The molecule has 4 nitrogen and oxygen atoms in total. The first-order chi connectivity index (χ1) is 10.2. The second-order valence-electron chi connectivity index (χ2n) is 5.81. The number of benzene rings is 1. The zero-order valence-electron chi connectivity index (χ0n) is 12.8. The number of hydrogen-bond donors (Lipinski definition) is 1. The SMILES string of the molecule is CCC1CN(c2nc(CO)cc3ccccc23)CCN1C. The molecule has 4 heteroatoms. The van der Waals surface area contributed by atoms with Gasteiger partial charge in [0.1, 0.15) is 5.82 Å². The smallest absolute Gasteiger partial charge is 0.136 e. The third-order valence-corrected chi connectivity index (χ3v) is 4.48. The minimum atomic E-state index is -0.0111. The first-order valence-electron chi connectivity index (χ1n) is 7.67. The van der Waals surface area contributed by atoms with E-state index >= 15 is 0 Å². The number of likely N-dealkylation sites (N-methyl/N-ethyl adjacent to an activating group) is 1. The van der Waals surface area contributed by atoms with Crippen LogP contribution in [0.1, 0.15) is 19.0 Å². The summed E-state index contributed by atoms with van der Waals surface area (Å²) in [5.74, 6) is 1.02. The first kappa shape index (κ1) is 14.3. The molecule has 1 atom stereocenters. The quantitative estimate of drug-likeness (QED) is 0.939. The Balaban J connectivity index is 2.02.